The fourth-order valence-corrected chi connectivity index (χ4v) is 4.72. The summed E-state index contributed by atoms with van der Waals surface area (Å²) in [4.78, 5) is 18.1. The molecule has 1 atom stereocenters. The molecule has 32 heavy (non-hydrogen) atoms. The third kappa shape index (κ3) is 3.53. The highest BCUT2D eigenvalue weighted by Gasteiger charge is 2.44. The summed E-state index contributed by atoms with van der Waals surface area (Å²) in [5.74, 6) is 0.730. The van der Waals surface area contributed by atoms with Crippen molar-refractivity contribution in [2.75, 3.05) is 5.32 Å². The Labute approximate surface area is 194 Å². The molecular formula is C24H19ClN4O2S. The molecule has 1 aliphatic heterocycles. The fourth-order valence-electron chi connectivity index (χ4n) is 4.05. The number of nitrogens with one attached hydrogen (secondary N) is 1. The Balaban J connectivity index is 1.60. The molecule has 4 aromatic rings. The minimum atomic E-state index is -0.826. The number of aromatic nitrogens is 3. The summed E-state index contributed by atoms with van der Waals surface area (Å²) in [7, 11) is 0. The molecule has 2 aromatic heterocycles. The number of carbonyl (C=O) groups is 1. The van der Waals surface area contributed by atoms with E-state index >= 15 is 0 Å². The Morgan fingerprint density at radius 1 is 1.06 bits per heavy atom. The van der Waals surface area contributed by atoms with E-state index in [4.69, 9.17) is 21.3 Å². The van der Waals surface area contributed by atoms with Crippen molar-refractivity contribution in [2.24, 2.45) is 5.41 Å². The molecule has 0 saturated heterocycles. The van der Waals surface area contributed by atoms with Gasteiger partial charge in [0.1, 0.15) is 11.3 Å². The van der Waals surface area contributed by atoms with Crippen LogP contribution in [0.3, 0.4) is 0 Å². The van der Waals surface area contributed by atoms with Crippen LogP contribution < -0.4 is 10.1 Å². The lowest BCUT2D eigenvalue weighted by molar-refractivity contribution is -0.124. The zero-order valence-electron chi connectivity index (χ0n) is 17.4. The number of hydrogen-bond donors (Lipinski definition) is 1. The van der Waals surface area contributed by atoms with Crippen molar-refractivity contribution in [3.8, 4) is 22.9 Å². The third-order valence-electron chi connectivity index (χ3n) is 5.67. The zero-order chi connectivity index (χ0) is 22.3. The van der Waals surface area contributed by atoms with Gasteiger partial charge >= 0.3 is 0 Å². The van der Waals surface area contributed by atoms with Gasteiger partial charge in [0.15, 0.2) is 0 Å². The normalized spacial score (nSPS) is 14.8. The van der Waals surface area contributed by atoms with Gasteiger partial charge in [-0.15, -0.1) is 10.2 Å². The van der Waals surface area contributed by atoms with E-state index in [1.54, 1.807) is 5.51 Å². The van der Waals surface area contributed by atoms with Gasteiger partial charge in [-0.2, -0.15) is 0 Å². The van der Waals surface area contributed by atoms with Crippen molar-refractivity contribution in [3.63, 3.8) is 0 Å². The number of amides is 1. The summed E-state index contributed by atoms with van der Waals surface area (Å²) in [6.45, 7) is 3.84. The molecule has 0 saturated carbocycles. The van der Waals surface area contributed by atoms with Crippen LogP contribution in [0.5, 0.6) is 11.6 Å². The van der Waals surface area contributed by atoms with Crippen LogP contribution in [0.1, 0.15) is 30.9 Å². The Kier molecular flexibility index (Phi) is 5.15. The summed E-state index contributed by atoms with van der Waals surface area (Å²) >= 11 is 7.67. The molecule has 5 rings (SSSR count). The quantitative estimate of drug-likeness (QED) is 0.393. The second-order valence-electron chi connectivity index (χ2n) is 8.06. The topological polar surface area (TPSA) is 77.0 Å². The molecule has 6 nitrogen and oxygen atoms in total. The highest BCUT2D eigenvalue weighted by Crippen LogP contribution is 2.52. The van der Waals surface area contributed by atoms with E-state index in [2.05, 4.69) is 15.5 Å². The van der Waals surface area contributed by atoms with Crippen LogP contribution in [-0.2, 0) is 4.79 Å². The first-order valence-corrected chi connectivity index (χ1v) is 11.3. The largest absolute Gasteiger partial charge is 0.438 e. The van der Waals surface area contributed by atoms with Crippen LogP contribution in [0.2, 0.25) is 5.02 Å². The van der Waals surface area contributed by atoms with Gasteiger partial charge < -0.3 is 10.1 Å². The number of benzene rings is 2. The van der Waals surface area contributed by atoms with Crippen LogP contribution in [0, 0.1) is 5.41 Å². The molecular weight excluding hydrogens is 444 g/mol. The van der Waals surface area contributed by atoms with E-state index in [0.717, 1.165) is 16.7 Å². The van der Waals surface area contributed by atoms with Crippen LogP contribution in [0.25, 0.3) is 11.3 Å². The maximum atomic E-state index is 13.3. The lowest BCUT2D eigenvalue weighted by atomic mass is 9.69. The number of pyridine rings is 1. The highest BCUT2D eigenvalue weighted by molar-refractivity contribution is 7.13. The van der Waals surface area contributed by atoms with E-state index in [1.165, 1.54) is 11.3 Å². The molecule has 0 spiro atoms. The number of rotatable bonds is 4. The molecule has 0 radical (unpaired) electrons. The third-order valence-corrected chi connectivity index (χ3v) is 6.61. The van der Waals surface area contributed by atoms with Crippen LogP contribution in [0.4, 0.5) is 5.13 Å². The number of hydrogen-bond acceptors (Lipinski definition) is 6. The van der Waals surface area contributed by atoms with E-state index in [0.29, 0.717) is 27.5 Å². The molecule has 0 unspecified atom stereocenters. The number of halogens is 1. The van der Waals surface area contributed by atoms with Crippen LogP contribution in [0.15, 0.2) is 66.2 Å². The van der Waals surface area contributed by atoms with Gasteiger partial charge in [0.25, 0.3) is 0 Å². The monoisotopic (exact) mass is 462 g/mol. The number of anilines is 1. The summed E-state index contributed by atoms with van der Waals surface area (Å²) in [5.41, 5.74) is 4.07. The van der Waals surface area contributed by atoms with E-state index in [9.17, 15) is 4.79 Å². The molecule has 1 aliphatic rings. The summed E-state index contributed by atoms with van der Waals surface area (Å²) < 4.78 is 6.18. The predicted molar refractivity (Wildman–Crippen MR) is 125 cm³/mol. The molecule has 0 aliphatic carbocycles. The Morgan fingerprint density at radius 2 is 1.84 bits per heavy atom. The van der Waals surface area contributed by atoms with Gasteiger partial charge in [-0.1, -0.05) is 79.2 Å². The number of fused-ring (bicyclic) bond motifs is 2. The van der Waals surface area contributed by atoms with E-state index in [-0.39, 0.29) is 11.8 Å². The molecule has 0 bridgehead atoms. The first-order chi connectivity index (χ1) is 15.4. The van der Waals surface area contributed by atoms with Gasteiger partial charge in [0.05, 0.1) is 11.1 Å². The summed E-state index contributed by atoms with van der Waals surface area (Å²) in [6.07, 6.45) is 0. The lowest BCUT2D eigenvalue weighted by Gasteiger charge is -2.37. The van der Waals surface area contributed by atoms with Gasteiger partial charge in [-0.25, -0.2) is 4.98 Å². The van der Waals surface area contributed by atoms with Crippen molar-refractivity contribution in [3.05, 3.63) is 82.3 Å². The Morgan fingerprint density at radius 3 is 2.62 bits per heavy atom. The molecule has 1 amide bonds. The lowest BCUT2D eigenvalue weighted by Crippen LogP contribution is -2.38. The van der Waals surface area contributed by atoms with Gasteiger partial charge in [0, 0.05) is 27.6 Å². The van der Waals surface area contributed by atoms with Crippen LogP contribution in [-0.4, -0.2) is 21.1 Å². The Bertz CT molecular complexity index is 1310. The van der Waals surface area contributed by atoms with Crippen LogP contribution >= 0.6 is 22.9 Å². The molecule has 3 heterocycles. The van der Waals surface area contributed by atoms with Crippen molar-refractivity contribution < 1.29 is 9.53 Å². The smallest absolute Gasteiger partial charge is 0.232 e. The van der Waals surface area contributed by atoms with Gasteiger partial charge in [0.2, 0.25) is 16.9 Å². The summed E-state index contributed by atoms with van der Waals surface area (Å²) in [6, 6.07) is 19.2. The number of carbonyl (C=O) groups excluding carboxylic acids is 1. The molecule has 8 heteroatoms. The maximum Gasteiger partial charge on any atom is 0.232 e. The van der Waals surface area contributed by atoms with Crippen molar-refractivity contribution in [2.45, 2.75) is 19.8 Å². The first-order valence-electron chi connectivity index (χ1n) is 10.1. The fraction of sp³-hybridized carbons (Fsp3) is 0.167. The number of nitrogens with zero attached hydrogens (tertiary/aromatic N) is 3. The molecule has 1 N–H and O–H groups in total. The average Bonchev–Trinajstić information content (AvgIpc) is 3.30. The first kappa shape index (κ1) is 20.6. The molecule has 160 valence electrons. The standard InChI is InChI=1S/C24H19ClN4O2S/c1-24(2,22(30)28-23-29-26-13-32-23)20-15-8-4-6-10-19(15)31-21-16(20)11-12-18(27-21)14-7-3-5-9-17(14)25/h3-13,20H,1-2H3,(H,28,29,30)/t20-/m0/s1. The highest BCUT2D eigenvalue weighted by atomic mass is 35.5. The van der Waals surface area contributed by atoms with E-state index in [1.807, 2.05) is 74.5 Å². The second-order valence-corrected chi connectivity index (χ2v) is 9.30. The molecule has 2 aromatic carbocycles. The number of ether oxygens (including phenoxy) is 1. The minimum Gasteiger partial charge on any atom is -0.438 e. The zero-order valence-corrected chi connectivity index (χ0v) is 18.9. The Hall–Kier alpha value is -3.29. The second kappa shape index (κ2) is 8.00. The minimum absolute atomic E-state index is 0.155. The van der Waals surface area contributed by atoms with Crippen molar-refractivity contribution in [1.82, 2.24) is 15.2 Å². The van der Waals surface area contributed by atoms with Gasteiger partial charge in [-0.3, -0.25) is 4.79 Å². The predicted octanol–water partition coefficient (Wildman–Crippen LogP) is 6.16. The van der Waals surface area contributed by atoms with E-state index < -0.39 is 5.41 Å². The molecule has 0 fully saturated rings. The number of para-hydroxylation sites is 1. The van der Waals surface area contributed by atoms with Crippen molar-refractivity contribution >= 4 is 34.0 Å². The maximum absolute atomic E-state index is 13.3. The van der Waals surface area contributed by atoms with Crippen molar-refractivity contribution in [1.29, 1.82) is 0 Å². The average molecular weight is 463 g/mol. The summed E-state index contributed by atoms with van der Waals surface area (Å²) in [5, 5.41) is 11.7. The van der Waals surface area contributed by atoms with Gasteiger partial charge in [-0.05, 0) is 18.2 Å². The SMILES string of the molecule is CC(C)(C(=O)Nc1nncs1)[C@H]1c2ccccc2Oc2nc(-c3ccccc3Cl)ccc21.